The second-order valence-corrected chi connectivity index (χ2v) is 1.14. The van der Waals surface area contributed by atoms with Crippen molar-refractivity contribution in [2.75, 3.05) is 6.61 Å². The van der Waals surface area contributed by atoms with Gasteiger partial charge in [0.05, 0.1) is 0 Å². The predicted octanol–water partition coefficient (Wildman–Crippen LogP) is 0.660. The van der Waals surface area contributed by atoms with E-state index in [-0.39, 0.29) is 6.61 Å². The highest BCUT2D eigenvalue weighted by atomic mass is 35.5. The van der Waals surface area contributed by atoms with E-state index in [4.69, 9.17) is 11.6 Å². The molecule has 0 saturated carbocycles. The molecule has 8 heavy (non-hydrogen) atoms. The molecule has 0 heterocycles. The van der Waals surface area contributed by atoms with Crippen LogP contribution in [0, 0.1) is 11.3 Å². The Balaban J connectivity index is 2.89. The zero-order chi connectivity index (χ0) is 6.24. The molecule has 1 radical (unpaired) electrons. The molecule has 0 aromatic heterocycles. The van der Waals surface area contributed by atoms with Crippen molar-refractivity contribution >= 4 is 18.1 Å². The van der Waals surface area contributed by atoms with Crippen LogP contribution < -0.4 is 0 Å². The maximum atomic E-state index is 9.34. The van der Waals surface area contributed by atoms with Gasteiger partial charge >= 0.3 is 6.47 Å². The van der Waals surface area contributed by atoms with E-state index in [0.29, 0.717) is 6.42 Å². The van der Waals surface area contributed by atoms with E-state index in [9.17, 15) is 4.79 Å². The van der Waals surface area contributed by atoms with Crippen LogP contribution in [0.3, 0.4) is 0 Å². The predicted molar refractivity (Wildman–Crippen MR) is 29.9 cm³/mol. The molecule has 0 fully saturated rings. The van der Waals surface area contributed by atoms with Crippen LogP contribution in [0.25, 0.3) is 0 Å². The molecule has 0 rings (SSSR count). The molecule has 0 atom stereocenters. The minimum atomic E-state index is 0.267. The van der Waals surface area contributed by atoms with Gasteiger partial charge in [-0.1, -0.05) is 5.92 Å². The van der Waals surface area contributed by atoms with E-state index in [1.54, 1.807) is 0 Å². The third-order valence-corrected chi connectivity index (χ3v) is 0.588. The topological polar surface area (TPSA) is 26.3 Å². The van der Waals surface area contributed by atoms with Crippen molar-refractivity contribution in [1.82, 2.24) is 0 Å². The molecule has 0 saturated heterocycles. The summed E-state index contributed by atoms with van der Waals surface area (Å²) in [5.41, 5.74) is 0. The lowest BCUT2D eigenvalue weighted by atomic mass is 10.5. The fourth-order valence-electron chi connectivity index (χ4n) is 0.191. The zero-order valence-corrected chi connectivity index (χ0v) is 4.86. The molecule has 0 aliphatic rings. The van der Waals surface area contributed by atoms with Gasteiger partial charge in [0.2, 0.25) is 0 Å². The molecule has 0 N–H and O–H groups in total. The van der Waals surface area contributed by atoms with Crippen LogP contribution in [-0.2, 0) is 9.53 Å². The molecule has 43 valence electrons. The first-order chi connectivity index (χ1) is 3.91. The molecule has 0 aliphatic carbocycles. The first kappa shape index (κ1) is 7.32. The normalized spacial score (nSPS) is 6.62. The Labute approximate surface area is 52.8 Å². The summed E-state index contributed by atoms with van der Waals surface area (Å²) in [6.07, 6.45) is 0.471. The van der Waals surface area contributed by atoms with Crippen LogP contribution in [0.15, 0.2) is 0 Å². The number of ether oxygens (including phenoxy) is 1. The van der Waals surface area contributed by atoms with Crippen molar-refractivity contribution < 1.29 is 9.53 Å². The van der Waals surface area contributed by atoms with Crippen LogP contribution in [0.1, 0.15) is 6.42 Å². The summed E-state index contributed by atoms with van der Waals surface area (Å²) in [7, 11) is 0. The van der Waals surface area contributed by atoms with Crippen molar-refractivity contribution in [3.05, 3.63) is 0 Å². The van der Waals surface area contributed by atoms with Gasteiger partial charge < -0.3 is 4.74 Å². The van der Waals surface area contributed by atoms with Crippen molar-refractivity contribution in [2.24, 2.45) is 0 Å². The van der Waals surface area contributed by atoms with Gasteiger partial charge in [-0.3, -0.25) is 0 Å². The fourth-order valence-corrected chi connectivity index (χ4v) is 0.285. The summed E-state index contributed by atoms with van der Waals surface area (Å²) >= 11 is 4.97. The quantitative estimate of drug-likeness (QED) is 0.416. The molecule has 0 aromatic carbocycles. The van der Waals surface area contributed by atoms with E-state index in [2.05, 4.69) is 16.0 Å². The zero-order valence-electron chi connectivity index (χ0n) is 4.11. The summed E-state index contributed by atoms with van der Waals surface area (Å²) in [5, 5.41) is 2.14. The summed E-state index contributed by atoms with van der Waals surface area (Å²) in [6, 6.07) is 0. The van der Waals surface area contributed by atoms with Crippen LogP contribution in [0.4, 0.5) is 0 Å². The highest BCUT2D eigenvalue weighted by Crippen LogP contribution is 1.76. The highest BCUT2D eigenvalue weighted by molar-refractivity contribution is 6.30. The molecule has 2 nitrogen and oxygen atoms in total. The number of rotatable bonds is 3. The van der Waals surface area contributed by atoms with E-state index in [0.717, 1.165) is 0 Å². The third kappa shape index (κ3) is 5.32. The molecule has 3 heteroatoms. The summed E-state index contributed by atoms with van der Waals surface area (Å²) in [6.45, 7) is 1.53. The number of hydrogen-bond donors (Lipinski definition) is 0. The second kappa shape index (κ2) is 6.32. The van der Waals surface area contributed by atoms with E-state index < -0.39 is 0 Å². The lowest BCUT2D eigenvalue weighted by Gasteiger charge is -1.85. The van der Waals surface area contributed by atoms with Crippen LogP contribution >= 0.6 is 11.6 Å². The van der Waals surface area contributed by atoms with Crippen molar-refractivity contribution in [3.63, 3.8) is 0 Å². The molecule has 0 aliphatic heterocycles. The SMILES string of the molecule is O=[C]OCCC#CCl. The van der Waals surface area contributed by atoms with Crippen LogP contribution in [-0.4, -0.2) is 13.1 Å². The van der Waals surface area contributed by atoms with E-state index in [1.165, 1.54) is 6.47 Å². The fraction of sp³-hybridized carbons (Fsp3) is 0.400. The van der Waals surface area contributed by atoms with Gasteiger partial charge in [-0.2, -0.15) is 0 Å². The Morgan fingerprint density at radius 2 is 2.38 bits per heavy atom. The Bertz CT molecular complexity index is 111. The first-order valence-electron chi connectivity index (χ1n) is 1.99. The molecule has 0 unspecified atom stereocenters. The summed E-state index contributed by atoms with van der Waals surface area (Å²) in [5.74, 6) is 2.49. The maximum absolute atomic E-state index is 9.34. The number of carbonyl (C=O) groups excluding carboxylic acids is 1. The largest absolute Gasteiger partial charge is 0.456 e. The average molecular weight is 132 g/mol. The van der Waals surface area contributed by atoms with Crippen LogP contribution in [0.5, 0.6) is 0 Å². The standard InChI is InChI=1S/C5H4ClO2/c6-3-1-2-4-8-5-7/h2,4H2. The molecule has 0 amide bonds. The average Bonchev–Trinajstić information content (AvgIpc) is 1.81. The number of halogens is 1. The van der Waals surface area contributed by atoms with Gasteiger partial charge in [0.15, 0.2) is 0 Å². The Hall–Kier alpha value is -0.680. The minimum Gasteiger partial charge on any atom is -0.456 e. The third-order valence-electron chi connectivity index (χ3n) is 0.455. The van der Waals surface area contributed by atoms with Gasteiger partial charge in [0.25, 0.3) is 0 Å². The van der Waals surface area contributed by atoms with Gasteiger partial charge in [-0.25, -0.2) is 4.79 Å². The molecule has 0 spiro atoms. The maximum Gasteiger partial charge on any atom is 0.417 e. The summed E-state index contributed by atoms with van der Waals surface area (Å²) in [4.78, 5) is 9.34. The second-order valence-electron chi connectivity index (χ2n) is 0.953. The molecule has 0 aromatic rings. The van der Waals surface area contributed by atoms with Crippen molar-refractivity contribution in [2.45, 2.75) is 6.42 Å². The lowest BCUT2D eigenvalue weighted by Crippen LogP contribution is -1.87. The van der Waals surface area contributed by atoms with E-state index >= 15 is 0 Å². The Morgan fingerprint density at radius 3 is 2.88 bits per heavy atom. The van der Waals surface area contributed by atoms with Gasteiger partial charge in [-0.15, -0.1) is 0 Å². The summed E-state index contributed by atoms with van der Waals surface area (Å²) < 4.78 is 4.17. The molecule has 0 bridgehead atoms. The highest BCUT2D eigenvalue weighted by Gasteiger charge is 1.78. The Kier molecular flexibility index (Phi) is 5.78. The van der Waals surface area contributed by atoms with Gasteiger partial charge in [-0.05, 0) is 11.6 Å². The Morgan fingerprint density at radius 1 is 1.62 bits per heavy atom. The first-order valence-corrected chi connectivity index (χ1v) is 2.37. The number of hydrogen-bond acceptors (Lipinski definition) is 2. The van der Waals surface area contributed by atoms with Crippen LogP contribution in [0.2, 0.25) is 0 Å². The lowest BCUT2D eigenvalue weighted by molar-refractivity contribution is 0.286. The molecular weight excluding hydrogens is 128 g/mol. The molecular formula is C5H4ClO2. The van der Waals surface area contributed by atoms with Crippen molar-refractivity contribution in [3.8, 4) is 11.3 Å². The minimum absolute atomic E-state index is 0.267. The van der Waals surface area contributed by atoms with Crippen molar-refractivity contribution in [1.29, 1.82) is 0 Å². The monoisotopic (exact) mass is 131 g/mol. The van der Waals surface area contributed by atoms with Gasteiger partial charge in [0, 0.05) is 11.8 Å². The smallest absolute Gasteiger partial charge is 0.417 e. The van der Waals surface area contributed by atoms with Gasteiger partial charge in [0.1, 0.15) is 6.61 Å². The van der Waals surface area contributed by atoms with E-state index in [1.807, 2.05) is 0 Å².